The second-order valence-electron chi connectivity index (χ2n) is 36.1. The van der Waals surface area contributed by atoms with E-state index in [0.717, 1.165) is 17.8 Å². The molecular weight excluding hydrogens is 1300 g/mol. The van der Waals surface area contributed by atoms with Gasteiger partial charge in [-0.05, 0) is 133 Å². The van der Waals surface area contributed by atoms with Gasteiger partial charge in [0.2, 0.25) is 0 Å². The number of hydrogen-bond acceptors (Lipinski definition) is 0. The molecule has 0 bridgehead atoms. The van der Waals surface area contributed by atoms with Crippen LogP contribution in [-0.4, -0.2) is 0 Å². The lowest BCUT2D eigenvalue weighted by Crippen LogP contribution is -2.26. The van der Waals surface area contributed by atoms with Gasteiger partial charge in [-0.2, -0.15) is 0 Å². The second kappa shape index (κ2) is 97.8. The minimum absolute atomic E-state index is 0.817. The second-order valence-corrected chi connectivity index (χ2v) is 36.1. The van der Waals surface area contributed by atoms with E-state index in [1.165, 1.54) is 584 Å². The maximum absolute atomic E-state index is 3.93. The van der Waals surface area contributed by atoms with Crippen LogP contribution in [0.15, 0.2) is 74.4 Å². The third kappa shape index (κ3) is 85.3. The van der Waals surface area contributed by atoms with E-state index >= 15 is 0 Å². The first-order chi connectivity index (χ1) is 53.7. The first-order valence-corrected chi connectivity index (χ1v) is 51.5. The summed E-state index contributed by atoms with van der Waals surface area (Å²) in [7, 11) is 0. The third-order valence-electron chi connectivity index (χ3n) is 25.6. The van der Waals surface area contributed by atoms with Crippen molar-refractivity contribution in [2.24, 2.45) is 17.8 Å². The van der Waals surface area contributed by atoms with E-state index in [1.807, 2.05) is 5.57 Å². The topological polar surface area (TPSA) is 0 Å². The van der Waals surface area contributed by atoms with Crippen LogP contribution in [0.5, 0.6) is 0 Å². The first-order valence-electron chi connectivity index (χ1n) is 51.5. The van der Waals surface area contributed by atoms with Crippen LogP contribution in [0.2, 0.25) is 0 Å². The summed E-state index contributed by atoms with van der Waals surface area (Å²) >= 11 is 0. The highest BCUT2D eigenvalue weighted by Gasteiger charge is 2.31. The Balaban J connectivity index is 6.81. The Labute approximate surface area is 686 Å². The van der Waals surface area contributed by atoms with Crippen molar-refractivity contribution in [3.8, 4) is 0 Å². The summed E-state index contributed by atoms with van der Waals surface area (Å²) in [5.41, 5.74) is 2.01. The molecule has 0 amide bonds. The highest BCUT2D eigenvalue weighted by atomic mass is 14.4. The van der Waals surface area contributed by atoms with E-state index in [-0.39, 0.29) is 0 Å². The molecule has 0 aromatic rings. The minimum atomic E-state index is 0.817. The van der Waals surface area contributed by atoms with Crippen LogP contribution in [0.3, 0.4) is 0 Å². The van der Waals surface area contributed by atoms with Crippen LogP contribution in [0.1, 0.15) is 598 Å². The molecule has 638 valence electrons. The summed E-state index contributed by atoms with van der Waals surface area (Å²) in [5.74, 6) is 2.62. The summed E-state index contributed by atoms with van der Waals surface area (Å²) in [6.45, 7) is 20.4. The van der Waals surface area contributed by atoms with Crippen LogP contribution < -0.4 is 0 Å². The van der Waals surface area contributed by atoms with Crippen LogP contribution >= 0.6 is 0 Å². The highest BCUT2D eigenvalue weighted by Crippen LogP contribution is 2.43. The number of unbranched alkanes of at least 4 members (excludes halogenated alkanes) is 79. The fourth-order valence-electron chi connectivity index (χ4n) is 18.3. The quantitative estimate of drug-likeness (QED) is 0.0421. The van der Waals surface area contributed by atoms with Gasteiger partial charge in [0.1, 0.15) is 0 Å². The lowest BCUT2D eigenvalue weighted by Gasteiger charge is -2.37. The predicted octanol–water partition coefficient (Wildman–Crippen LogP) is 40.6. The van der Waals surface area contributed by atoms with Gasteiger partial charge in [0.25, 0.3) is 0 Å². The standard InChI is InChI=1S/C108H206/c1-7-13-19-25-31-37-43-48-53-58-61-66-72-78-84-90-96-102-106(101-95-89-83-77-71-65-60-55-50-45-39-33-27-21-15-9-3)108(104-98-92-86-80-74-68-63-57-52-47-41-35-29-23-17-11-5)107(103-97-91-85-79-73-67-62-56-51-46-40-34-28-22-16-10-4)105(99-93-87-81-75-69-42-36-30-24-18-12-6)100-94-88-82-76-70-64-59-54-49-44-38-32-26-20-14-8-2/h7,9-11,32,38,102,105,107-108H,1,3-5,8,12-31,33-37,39-101,103-104H2,2,6H3. The molecule has 0 radical (unpaired) electrons. The van der Waals surface area contributed by atoms with Gasteiger partial charge in [0.05, 0.1) is 0 Å². The van der Waals surface area contributed by atoms with Crippen LogP contribution in [0.25, 0.3) is 0 Å². The average molecular weight is 1500 g/mol. The SMILES string of the molecule is C=CCCCCCCCCCCCCCCCCC=C(CCCCCCCCCCCCCCCCC=C)C(CCCCCCCCCCCCCCCCC=C)C(CCCCCCCCCCCCCCCCC=C)C(CCCCCCCCCCCC=CCCCCC)CCCCCCCCCCCCC. The maximum Gasteiger partial charge on any atom is -0.0172 e. The Morgan fingerprint density at radius 2 is 0.370 bits per heavy atom. The van der Waals surface area contributed by atoms with Crippen molar-refractivity contribution in [3.63, 3.8) is 0 Å². The van der Waals surface area contributed by atoms with Crippen molar-refractivity contribution >= 4 is 0 Å². The van der Waals surface area contributed by atoms with E-state index in [2.05, 4.69) is 82.7 Å². The molecule has 0 saturated carbocycles. The van der Waals surface area contributed by atoms with Crippen LogP contribution in [-0.2, 0) is 0 Å². The highest BCUT2D eigenvalue weighted by molar-refractivity contribution is 5.10. The molecule has 0 rings (SSSR count). The van der Waals surface area contributed by atoms with Crippen molar-refractivity contribution in [1.82, 2.24) is 0 Å². The van der Waals surface area contributed by atoms with Crippen molar-refractivity contribution in [1.29, 1.82) is 0 Å². The van der Waals surface area contributed by atoms with Gasteiger partial charge in [-0.25, -0.2) is 0 Å². The van der Waals surface area contributed by atoms with Crippen molar-refractivity contribution in [3.05, 3.63) is 74.4 Å². The largest absolute Gasteiger partial charge is 0.103 e. The predicted molar refractivity (Wildman–Crippen MR) is 500 cm³/mol. The molecule has 0 heteroatoms. The molecule has 108 heavy (non-hydrogen) atoms. The van der Waals surface area contributed by atoms with E-state index in [4.69, 9.17) is 0 Å². The van der Waals surface area contributed by atoms with E-state index in [0.29, 0.717) is 0 Å². The normalized spacial score (nSPS) is 12.8. The molecule has 3 atom stereocenters. The third-order valence-corrected chi connectivity index (χ3v) is 25.6. The van der Waals surface area contributed by atoms with E-state index in [1.54, 1.807) is 0 Å². The average Bonchev–Trinajstić information content (AvgIpc) is 0.843. The lowest BCUT2D eigenvalue weighted by atomic mass is 9.68. The van der Waals surface area contributed by atoms with Gasteiger partial charge in [0, 0.05) is 0 Å². The molecule has 0 nitrogen and oxygen atoms in total. The van der Waals surface area contributed by atoms with Gasteiger partial charge in [-0.3, -0.25) is 0 Å². The minimum Gasteiger partial charge on any atom is -0.103 e. The molecule has 0 aliphatic rings. The Hall–Kier alpha value is -1.56. The maximum atomic E-state index is 3.93. The Morgan fingerprint density at radius 3 is 0.630 bits per heavy atom. The van der Waals surface area contributed by atoms with Crippen LogP contribution in [0.4, 0.5) is 0 Å². The van der Waals surface area contributed by atoms with Gasteiger partial charge < -0.3 is 0 Å². The van der Waals surface area contributed by atoms with E-state index < -0.39 is 0 Å². The Bertz CT molecular complexity index is 1720. The van der Waals surface area contributed by atoms with Crippen LogP contribution in [0, 0.1) is 17.8 Å². The zero-order valence-electron chi connectivity index (χ0n) is 75.4. The van der Waals surface area contributed by atoms with Gasteiger partial charge in [0.15, 0.2) is 0 Å². The molecule has 0 N–H and O–H groups in total. The fourth-order valence-corrected chi connectivity index (χ4v) is 18.3. The molecule has 0 aliphatic heterocycles. The summed E-state index contributed by atoms with van der Waals surface area (Å²) in [4.78, 5) is 0. The Morgan fingerprint density at radius 1 is 0.185 bits per heavy atom. The Kier molecular flexibility index (Phi) is 96.4. The van der Waals surface area contributed by atoms with Crippen molar-refractivity contribution in [2.45, 2.75) is 598 Å². The van der Waals surface area contributed by atoms with E-state index in [9.17, 15) is 0 Å². The van der Waals surface area contributed by atoms with Crippen molar-refractivity contribution < 1.29 is 0 Å². The monoisotopic (exact) mass is 1500 g/mol. The molecule has 0 fully saturated rings. The lowest BCUT2D eigenvalue weighted by molar-refractivity contribution is 0.184. The van der Waals surface area contributed by atoms with Crippen molar-refractivity contribution in [2.75, 3.05) is 0 Å². The molecule has 0 heterocycles. The molecule has 0 aromatic carbocycles. The summed E-state index contributed by atoms with van der Waals surface area (Å²) in [6.07, 6.45) is 147. The molecule has 0 saturated heterocycles. The number of allylic oxidation sites excluding steroid dienone is 8. The summed E-state index contributed by atoms with van der Waals surface area (Å²) in [5, 5.41) is 0. The molecule has 0 aliphatic carbocycles. The number of rotatable bonds is 99. The van der Waals surface area contributed by atoms with Gasteiger partial charge in [-0.1, -0.05) is 531 Å². The summed E-state index contributed by atoms with van der Waals surface area (Å²) in [6, 6.07) is 0. The zero-order valence-corrected chi connectivity index (χ0v) is 75.4. The summed E-state index contributed by atoms with van der Waals surface area (Å²) < 4.78 is 0. The first kappa shape index (κ1) is 106. The fraction of sp³-hybridized carbons (Fsp3) is 0.889. The van der Waals surface area contributed by atoms with Gasteiger partial charge >= 0.3 is 0 Å². The van der Waals surface area contributed by atoms with Gasteiger partial charge in [-0.15, -0.1) is 26.3 Å². The zero-order chi connectivity index (χ0) is 77.6. The molecule has 0 spiro atoms. The molecular formula is C108H206. The number of hydrogen-bond donors (Lipinski definition) is 0. The molecule has 3 unspecified atom stereocenters. The molecule has 0 aromatic heterocycles. The smallest absolute Gasteiger partial charge is 0.0172 e.